The summed E-state index contributed by atoms with van der Waals surface area (Å²) in [5, 5.41) is 9.26. The van der Waals surface area contributed by atoms with Gasteiger partial charge in [-0.25, -0.2) is 0 Å². The van der Waals surface area contributed by atoms with Gasteiger partial charge >= 0.3 is 0 Å². The third-order valence-corrected chi connectivity index (χ3v) is 3.76. The van der Waals surface area contributed by atoms with Crippen LogP contribution in [-0.4, -0.2) is 23.3 Å². The second kappa shape index (κ2) is 4.30. The van der Waals surface area contributed by atoms with Gasteiger partial charge in [-0.2, -0.15) is 5.26 Å². The molecule has 1 atom stereocenters. The van der Waals surface area contributed by atoms with E-state index in [-0.39, 0.29) is 5.78 Å². The third-order valence-electron chi connectivity index (χ3n) is 3.76. The van der Waals surface area contributed by atoms with E-state index in [1.54, 1.807) is 0 Å². The second-order valence-electron chi connectivity index (χ2n) is 4.82. The Labute approximate surface area is 106 Å². The number of carbonyl (C=O) groups excluding carboxylic acids is 1. The van der Waals surface area contributed by atoms with Crippen LogP contribution in [0.15, 0.2) is 35.9 Å². The fourth-order valence-corrected chi connectivity index (χ4v) is 2.96. The molecule has 2 heterocycles. The molecule has 1 fully saturated rings. The van der Waals surface area contributed by atoms with Crippen LogP contribution in [0.3, 0.4) is 0 Å². The van der Waals surface area contributed by atoms with Gasteiger partial charge in [-0.3, -0.25) is 4.79 Å². The summed E-state index contributed by atoms with van der Waals surface area (Å²) in [5.74, 6) is -0.000460. The number of ketones is 1. The van der Waals surface area contributed by atoms with E-state index in [0.717, 1.165) is 30.6 Å². The molecule has 0 saturated carbocycles. The lowest BCUT2D eigenvalue weighted by molar-refractivity contribution is -0.116. The summed E-state index contributed by atoms with van der Waals surface area (Å²) in [5.41, 5.74) is 2.16. The monoisotopic (exact) mass is 238 g/mol. The highest BCUT2D eigenvalue weighted by Crippen LogP contribution is 2.36. The lowest BCUT2D eigenvalue weighted by Crippen LogP contribution is -2.36. The minimum atomic E-state index is -0.000460. The van der Waals surface area contributed by atoms with E-state index in [4.69, 9.17) is 0 Å². The van der Waals surface area contributed by atoms with Crippen molar-refractivity contribution in [1.82, 2.24) is 4.90 Å². The first-order valence-corrected chi connectivity index (χ1v) is 6.31. The van der Waals surface area contributed by atoms with Crippen molar-refractivity contribution < 1.29 is 4.79 Å². The van der Waals surface area contributed by atoms with Crippen LogP contribution in [0.25, 0.3) is 5.70 Å². The summed E-state index contributed by atoms with van der Waals surface area (Å²) in [7, 11) is 0. The number of hydrogen-bond donors (Lipinski definition) is 0. The SMILES string of the molecule is N#CC1=C(c2ccccc2)N2CCC[C@@H]2CC1=O. The van der Waals surface area contributed by atoms with E-state index < -0.39 is 0 Å². The van der Waals surface area contributed by atoms with Gasteiger partial charge in [0.25, 0.3) is 0 Å². The van der Waals surface area contributed by atoms with Crippen molar-refractivity contribution >= 4 is 11.5 Å². The molecule has 1 aromatic carbocycles. The van der Waals surface area contributed by atoms with E-state index in [9.17, 15) is 10.1 Å². The number of fused-ring (bicyclic) bond motifs is 1. The van der Waals surface area contributed by atoms with Gasteiger partial charge in [0.2, 0.25) is 0 Å². The molecule has 2 aliphatic heterocycles. The smallest absolute Gasteiger partial charge is 0.177 e. The van der Waals surface area contributed by atoms with Gasteiger partial charge in [-0.15, -0.1) is 0 Å². The zero-order chi connectivity index (χ0) is 12.5. The van der Waals surface area contributed by atoms with Crippen molar-refractivity contribution in [3.05, 3.63) is 41.5 Å². The van der Waals surface area contributed by atoms with Gasteiger partial charge in [0.1, 0.15) is 11.6 Å². The number of nitrogens with zero attached hydrogens (tertiary/aromatic N) is 2. The van der Waals surface area contributed by atoms with Crippen LogP contribution in [-0.2, 0) is 4.79 Å². The Morgan fingerprint density at radius 1 is 1.28 bits per heavy atom. The molecule has 0 radical (unpaired) electrons. The van der Waals surface area contributed by atoms with E-state index in [0.29, 0.717) is 18.0 Å². The van der Waals surface area contributed by atoms with Crippen LogP contribution < -0.4 is 0 Å². The minimum absolute atomic E-state index is 0.000460. The summed E-state index contributed by atoms with van der Waals surface area (Å²) >= 11 is 0. The summed E-state index contributed by atoms with van der Waals surface area (Å²) in [6.45, 7) is 0.952. The van der Waals surface area contributed by atoms with Gasteiger partial charge in [0, 0.05) is 19.0 Å². The molecule has 3 heteroatoms. The number of Topliss-reactive ketones (excluding diaryl/α,β-unsaturated/α-hetero) is 1. The highest BCUT2D eigenvalue weighted by molar-refractivity contribution is 6.07. The highest BCUT2D eigenvalue weighted by atomic mass is 16.1. The maximum absolute atomic E-state index is 12.0. The fraction of sp³-hybridized carbons (Fsp3) is 0.333. The van der Waals surface area contributed by atoms with Gasteiger partial charge in [-0.05, 0) is 18.4 Å². The van der Waals surface area contributed by atoms with Crippen molar-refractivity contribution in [3.8, 4) is 6.07 Å². The summed E-state index contributed by atoms with van der Waals surface area (Å²) < 4.78 is 0. The first-order valence-electron chi connectivity index (χ1n) is 6.31. The molecule has 0 aliphatic carbocycles. The molecular weight excluding hydrogens is 224 g/mol. The fourth-order valence-electron chi connectivity index (χ4n) is 2.96. The lowest BCUT2D eigenvalue weighted by atomic mass is 9.93. The number of hydrogen-bond acceptors (Lipinski definition) is 3. The molecule has 1 saturated heterocycles. The molecule has 0 N–H and O–H groups in total. The Balaban J connectivity index is 2.16. The molecule has 18 heavy (non-hydrogen) atoms. The van der Waals surface area contributed by atoms with Crippen molar-refractivity contribution in [1.29, 1.82) is 5.26 Å². The average Bonchev–Trinajstić information content (AvgIpc) is 2.85. The van der Waals surface area contributed by atoms with E-state index in [1.807, 2.05) is 30.3 Å². The molecule has 3 rings (SSSR count). The summed E-state index contributed by atoms with van der Waals surface area (Å²) in [6.07, 6.45) is 2.66. The van der Waals surface area contributed by atoms with E-state index in [1.165, 1.54) is 0 Å². The Morgan fingerprint density at radius 3 is 2.78 bits per heavy atom. The van der Waals surface area contributed by atoms with Gasteiger partial charge in [0.05, 0.1) is 5.70 Å². The molecule has 90 valence electrons. The van der Waals surface area contributed by atoms with Crippen LogP contribution in [0.1, 0.15) is 24.8 Å². The van der Waals surface area contributed by atoms with Crippen LogP contribution in [0.4, 0.5) is 0 Å². The van der Waals surface area contributed by atoms with Crippen molar-refractivity contribution in [3.63, 3.8) is 0 Å². The second-order valence-corrected chi connectivity index (χ2v) is 4.82. The zero-order valence-electron chi connectivity index (χ0n) is 10.1. The molecule has 0 spiro atoms. The maximum Gasteiger partial charge on any atom is 0.177 e. The van der Waals surface area contributed by atoms with Gasteiger partial charge in [-0.1, -0.05) is 30.3 Å². The Morgan fingerprint density at radius 2 is 2.06 bits per heavy atom. The number of rotatable bonds is 1. The normalized spacial score (nSPS) is 22.9. The summed E-state index contributed by atoms with van der Waals surface area (Å²) in [6, 6.07) is 12.2. The molecule has 1 aromatic rings. The third kappa shape index (κ3) is 1.62. The minimum Gasteiger partial charge on any atom is -0.366 e. The number of nitriles is 1. The largest absolute Gasteiger partial charge is 0.366 e. The number of allylic oxidation sites excluding steroid dienone is 1. The molecule has 2 aliphatic rings. The quantitative estimate of drug-likeness (QED) is 0.754. The highest BCUT2D eigenvalue weighted by Gasteiger charge is 2.36. The van der Waals surface area contributed by atoms with E-state index in [2.05, 4.69) is 11.0 Å². The maximum atomic E-state index is 12.0. The topological polar surface area (TPSA) is 44.1 Å². The van der Waals surface area contributed by atoms with Crippen LogP contribution in [0.2, 0.25) is 0 Å². The molecular formula is C15H14N2O. The lowest BCUT2D eigenvalue weighted by Gasteiger charge is -2.33. The first-order chi connectivity index (χ1) is 8.81. The van der Waals surface area contributed by atoms with Gasteiger partial charge in [0.15, 0.2) is 5.78 Å². The van der Waals surface area contributed by atoms with Gasteiger partial charge < -0.3 is 4.90 Å². The summed E-state index contributed by atoms with van der Waals surface area (Å²) in [4.78, 5) is 14.3. The predicted octanol–water partition coefficient (Wildman–Crippen LogP) is 2.36. The zero-order valence-corrected chi connectivity index (χ0v) is 10.1. The Hall–Kier alpha value is -2.08. The molecule has 0 unspecified atom stereocenters. The molecule has 0 aromatic heterocycles. The van der Waals surface area contributed by atoms with Crippen LogP contribution >= 0.6 is 0 Å². The predicted molar refractivity (Wildman–Crippen MR) is 68.3 cm³/mol. The standard InChI is InChI=1S/C15H14N2O/c16-10-13-14(18)9-12-7-4-8-17(12)15(13)11-5-2-1-3-6-11/h1-3,5-6,12H,4,7-9H2/t12-/m1/s1. The molecule has 0 amide bonds. The van der Waals surface area contributed by atoms with E-state index >= 15 is 0 Å². The Bertz CT molecular complexity index is 554. The molecule has 3 nitrogen and oxygen atoms in total. The average molecular weight is 238 g/mol. The molecule has 0 bridgehead atoms. The van der Waals surface area contributed by atoms with Crippen molar-refractivity contribution in [2.75, 3.05) is 6.54 Å². The number of benzene rings is 1. The van der Waals surface area contributed by atoms with Crippen LogP contribution in [0, 0.1) is 11.3 Å². The van der Waals surface area contributed by atoms with Crippen molar-refractivity contribution in [2.24, 2.45) is 0 Å². The van der Waals surface area contributed by atoms with Crippen LogP contribution in [0.5, 0.6) is 0 Å². The number of carbonyl (C=O) groups is 1. The Kier molecular flexibility index (Phi) is 2.64. The van der Waals surface area contributed by atoms with Crippen molar-refractivity contribution in [2.45, 2.75) is 25.3 Å². The first kappa shape index (κ1) is 11.0.